The van der Waals surface area contributed by atoms with Crippen molar-refractivity contribution in [1.29, 1.82) is 0 Å². The Morgan fingerprint density at radius 1 is 1.32 bits per heavy atom. The Kier molecular flexibility index (Phi) is 4.79. The van der Waals surface area contributed by atoms with Gasteiger partial charge in [0.15, 0.2) is 0 Å². The third kappa shape index (κ3) is 3.83. The van der Waals surface area contributed by atoms with Gasteiger partial charge in [-0.15, -0.1) is 0 Å². The lowest BCUT2D eigenvalue weighted by Gasteiger charge is -2.41. The van der Waals surface area contributed by atoms with Gasteiger partial charge in [0.2, 0.25) is 0 Å². The molecule has 1 aliphatic rings. The lowest BCUT2D eigenvalue weighted by Crippen LogP contribution is -2.58. The number of likely N-dealkylation sites (tertiary alicyclic amines) is 1. The summed E-state index contributed by atoms with van der Waals surface area (Å²) in [6, 6.07) is -0.618. The number of esters is 1. The molecule has 6 nitrogen and oxygen atoms in total. The van der Waals surface area contributed by atoms with E-state index in [0.29, 0.717) is 13.0 Å². The van der Waals surface area contributed by atoms with Gasteiger partial charge >= 0.3 is 12.1 Å². The number of carbonyl (C=O) groups is 2. The monoisotopic (exact) mass is 272 g/mol. The van der Waals surface area contributed by atoms with Gasteiger partial charge in [-0.25, -0.2) is 4.79 Å². The van der Waals surface area contributed by atoms with Crippen LogP contribution in [-0.2, 0) is 14.3 Å². The molecule has 6 heteroatoms. The summed E-state index contributed by atoms with van der Waals surface area (Å²) in [5.41, 5.74) is 5.40. The Morgan fingerprint density at radius 3 is 2.37 bits per heavy atom. The van der Waals surface area contributed by atoms with E-state index in [1.54, 1.807) is 11.8 Å². The highest BCUT2D eigenvalue weighted by Crippen LogP contribution is 2.25. The first kappa shape index (κ1) is 15.8. The molecule has 0 radical (unpaired) electrons. The van der Waals surface area contributed by atoms with E-state index in [1.807, 2.05) is 20.8 Å². The molecule has 3 atom stereocenters. The molecule has 110 valence electrons. The number of amides is 1. The predicted octanol–water partition coefficient (Wildman–Crippen LogP) is 1.13. The molecule has 0 aromatic carbocycles. The second-order valence-electron chi connectivity index (χ2n) is 5.92. The number of piperidine rings is 1. The zero-order chi connectivity index (χ0) is 14.8. The van der Waals surface area contributed by atoms with E-state index in [2.05, 4.69) is 0 Å². The molecular formula is C13H24N2O4. The van der Waals surface area contributed by atoms with Crippen LogP contribution in [0.2, 0.25) is 0 Å². The van der Waals surface area contributed by atoms with Crippen LogP contribution in [0.25, 0.3) is 0 Å². The lowest BCUT2D eigenvalue weighted by atomic mass is 9.86. The number of carbonyl (C=O) groups excluding carboxylic acids is 2. The summed E-state index contributed by atoms with van der Waals surface area (Å²) in [5.74, 6) is -0.889. The van der Waals surface area contributed by atoms with Crippen molar-refractivity contribution in [3.05, 3.63) is 0 Å². The van der Waals surface area contributed by atoms with Crippen LogP contribution in [0.5, 0.6) is 0 Å². The first-order chi connectivity index (χ1) is 8.67. The average molecular weight is 272 g/mol. The van der Waals surface area contributed by atoms with Crippen LogP contribution in [-0.4, -0.2) is 48.3 Å². The van der Waals surface area contributed by atoms with Crippen LogP contribution >= 0.6 is 0 Å². The third-order valence-corrected chi connectivity index (χ3v) is 3.28. The number of ether oxygens (including phenoxy) is 2. The Hall–Kier alpha value is -1.30. The van der Waals surface area contributed by atoms with Gasteiger partial charge in [-0.05, 0) is 34.1 Å². The van der Waals surface area contributed by atoms with Gasteiger partial charge in [0.25, 0.3) is 0 Å². The molecule has 1 rings (SSSR count). The molecule has 1 saturated heterocycles. The van der Waals surface area contributed by atoms with Crippen molar-refractivity contribution >= 4 is 12.1 Å². The Morgan fingerprint density at radius 2 is 1.89 bits per heavy atom. The van der Waals surface area contributed by atoms with Crippen molar-refractivity contribution < 1.29 is 19.1 Å². The standard InChI is InChI=1S/C13H24N2O4/c1-8-10(11(16)18-5)9(14)6-7-15(8)12(17)19-13(2,3)4/h8-10H,6-7,14H2,1-5H3. The number of rotatable bonds is 1. The van der Waals surface area contributed by atoms with Crippen LogP contribution in [0, 0.1) is 5.92 Å². The highest BCUT2D eigenvalue weighted by molar-refractivity contribution is 5.76. The van der Waals surface area contributed by atoms with Crippen LogP contribution < -0.4 is 5.73 Å². The van der Waals surface area contributed by atoms with E-state index in [4.69, 9.17) is 15.2 Å². The second-order valence-corrected chi connectivity index (χ2v) is 5.92. The van der Waals surface area contributed by atoms with Crippen molar-refractivity contribution in [1.82, 2.24) is 4.90 Å². The number of nitrogens with zero attached hydrogens (tertiary/aromatic N) is 1. The van der Waals surface area contributed by atoms with Crippen LogP contribution in [0.3, 0.4) is 0 Å². The molecule has 0 bridgehead atoms. The van der Waals surface area contributed by atoms with Gasteiger partial charge in [0, 0.05) is 18.6 Å². The maximum absolute atomic E-state index is 12.1. The maximum Gasteiger partial charge on any atom is 0.410 e. The highest BCUT2D eigenvalue weighted by atomic mass is 16.6. The van der Waals surface area contributed by atoms with Crippen LogP contribution in [0.1, 0.15) is 34.1 Å². The van der Waals surface area contributed by atoms with Crippen LogP contribution in [0.4, 0.5) is 4.79 Å². The van der Waals surface area contributed by atoms with Crippen molar-refractivity contribution in [3.8, 4) is 0 Å². The minimum Gasteiger partial charge on any atom is -0.469 e. The predicted molar refractivity (Wildman–Crippen MR) is 70.5 cm³/mol. The molecule has 0 spiro atoms. The fraction of sp³-hybridized carbons (Fsp3) is 0.846. The molecule has 0 aliphatic carbocycles. The first-order valence-electron chi connectivity index (χ1n) is 6.50. The summed E-state index contributed by atoms with van der Waals surface area (Å²) < 4.78 is 10.1. The molecule has 2 N–H and O–H groups in total. The molecule has 0 aromatic rings. The molecule has 1 amide bonds. The maximum atomic E-state index is 12.1. The number of methoxy groups -OCH3 is 1. The summed E-state index contributed by atoms with van der Waals surface area (Å²) in [6.45, 7) is 7.71. The average Bonchev–Trinajstić information content (AvgIpc) is 2.26. The van der Waals surface area contributed by atoms with Crippen LogP contribution in [0.15, 0.2) is 0 Å². The van der Waals surface area contributed by atoms with E-state index in [0.717, 1.165) is 0 Å². The summed E-state index contributed by atoms with van der Waals surface area (Å²) in [7, 11) is 1.33. The van der Waals surface area contributed by atoms with Gasteiger partial charge in [0.05, 0.1) is 13.0 Å². The molecule has 1 fully saturated rings. The fourth-order valence-electron chi connectivity index (χ4n) is 2.31. The smallest absolute Gasteiger partial charge is 0.410 e. The normalized spacial score (nSPS) is 27.9. The van der Waals surface area contributed by atoms with E-state index in [1.165, 1.54) is 7.11 Å². The molecule has 0 saturated carbocycles. The van der Waals surface area contributed by atoms with Gasteiger partial charge in [0.1, 0.15) is 5.60 Å². The second kappa shape index (κ2) is 5.77. The van der Waals surface area contributed by atoms with Gasteiger partial charge < -0.3 is 20.1 Å². The molecule has 1 heterocycles. The first-order valence-corrected chi connectivity index (χ1v) is 6.50. The third-order valence-electron chi connectivity index (χ3n) is 3.28. The Balaban J connectivity index is 2.81. The van der Waals surface area contributed by atoms with Gasteiger partial charge in [-0.1, -0.05) is 0 Å². The molecular weight excluding hydrogens is 248 g/mol. The highest BCUT2D eigenvalue weighted by Gasteiger charge is 2.42. The topological polar surface area (TPSA) is 81.9 Å². The summed E-state index contributed by atoms with van der Waals surface area (Å²) in [6.07, 6.45) is 0.143. The SMILES string of the molecule is COC(=O)C1C(N)CCN(C(=O)OC(C)(C)C)C1C. The largest absolute Gasteiger partial charge is 0.469 e. The minimum atomic E-state index is -0.558. The summed E-state index contributed by atoms with van der Waals surface area (Å²) in [4.78, 5) is 25.4. The minimum absolute atomic E-state index is 0.291. The van der Waals surface area contributed by atoms with E-state index >= 15 is 0 Å². The quantitative estimate of drug-likeness (QED) is 0.724. The zero-order valence-electron chi connectivity index (χ0n) is 12.3. The van der Waals surface area contributed by atoms with Crippen molar-refractivity contribution in [2.45, 2.75) is 51.8 Å². The van der Waals surface area contributed by atoms with E-state index in [-0.39, 0.29) is 18.1 Å². The molecule has 19 heavy (non-hydrogen) atoms. The fourth-order valence-corrected chi connectivity index (χ4v) is 2.31. The number of hydrogen-bond acceptors (Lipinski definition) is 5. The van der Waals surface area contributed by atoms with Crippen molar-refractivity contribution in [3.63, 3.8) is 0 Å². The van der Waals surface area contributed by atoms with E-state index in [9.17, 15) is 9.59 Å². The van der Waals surface area contributed by atoms with E-state index < -0.39 is 17.6 Å². The molecule has 3 unspecified atom stereocenters. The molecule has 1 aliphatic heterocycles. The summed E-state index contributed by atoms with van der Waals surface area (Å²) in [5, 5.41) is 0. The number of hydrogen-bond donors (Lipinski definition) is 1. The van der Waals surface area contributed by atoms with Gasteiger partial charge in [-0.3, -0.25) is 4.79 Å². The summed E-state index contributed by atoms with van der Waals surface area (Å²) >= 11 is 0. The van der Waals surface area contributed by atoms with Gasteiger partial charge in [-0.2, -0.15) is 0 Å². The Labute approximate surface area is 114 Å². The molecule has 0 aromatic heterocycles. The lowest BCUT2D eigenvalue weighted by molar-refractivity contribution is -0.149. The zero-order valence-corrected chi connectivity index (χ0v) is 12.3. The number of nitrogens with two attached hydrogens (primary N) is 1. The Bertz CT molecular complexity index is 351. The van der Waals surface area contributed by atoms with Crippen molar-refractivity contribution in [2.24, 2.45) is 11.7 Å². The van der Waals surface area contributed by atoms with Crippen molar-refractivity contribution in [2.75, 3.05) is 13.7 Å².